The van der Waals surface area contributed by atoms with Crippen molar-refractivity contribution in [1.82, 2.24) is 10.3 Å². The van der Waals surface area contributed by atoms with Crippen molar-refractivity contribution in [2.45, 2.75) is 6.10 Å². The molecule has 0 spiro atoms. The summed E-state index contributed by atoms with van der Waals surface area (Å²) in [6, 6.07) is 3.85. The van der Waals surface area contributed by atoms with Crippen LogP contribution in [0.15, 0.2) is 47.9 Å². The maximum atomic E-state index is 11.8. The Morgan fingerprint density at radius 3 is 2.89 bits per heavy atom. The molecular formula is C14H13N3O2. The van der Waals surface area contributed by atoms with E-state index < -0.39 is 6.10 Å². The van der Waals surface area contributed by atoms with Crippen molar-refractivity contribution in [1.29, 1.82) is 0 Å². The van der Waals surface area contributed by atoms with Gasteiger partial charge in [-0.3, -0.25) is 14.8 Å². The molecule has 0 aliphatic carbocycles. The summed E-state index contributed by atoms with van der Waals surface area (Å²) in [6.07, 6.45) is 4.75. The van der Waals surface area contributed by atoms with Crippen molar-refractivity contribution < 1.29 is 9.53 Å². The molecule has 1 aromatic heterocycles. The van der Waals surface area contributed by atoms with Crippen LogP contribution in [0.5, 0.6) is 0 Å². The van der Waals surface area contributed by atoms with E-state index in [4.69, 9.17) is 4.74 Å². The minimum absolute atomic E-state index is 0.206. The van der Waals surface area contributed by atoms with E-state index in [0.717, 1.165) is 11.1 Å². The molecule has 5 heteroatoms. The number of nitrogens with one attached hydrogen (secondary N) is 1. The molecule has 1 aromatic rings. The van der Waals surface area contributed by atoms with Gasteiger partial charge in [0, 0.05) is 18.1 Å². The Kier molecular flexibility index (Phi) is 2.97. The van der Waals surface area contributed by atoms with E-state index in [2.05, 4.69) is 21.9 Å². The monoisotopic (exact) mass is 255 g/mol. The number of hydrogen-bond acceptors (Lipinski definition) is 4. The predicted molar refractivity (Wildman–Crippen MR) is 71.5 cm³/mol. The lowest BCUT2D eigenvalue weighted by Gasteiger charge is -2.23. The van der Waals surface area contributed by atoms with Gasteiger partial charge in [0.1, 0.15) is 0 Å². The van der Waals surface area contributed by atoms with Gasteiger partial charge in [0.2, 0.25) is 0 Å². The molecule has 1 unspecified atom stereocenters. The highest BCUT2D eigenvalue weighted by molar-refractivity contribution is 6.17. The molecule has 3 rings (SSSR count). The van der Waals surface area contributed by atoms with Gasteiger partial charge in [-0.25, -0.2) is 0 Å². The summed E-state index contributed by atoms with van der Waals surface area (Å²) in [7, 11) is 0. The second-order valence-electron chi connectivity index (χ2n) is 4.43. The molecule has 0 radical (unpaired) electrons. The highest BCUT2D eigenvalue weighted by Crippen LogP contribution is 2.21. The van der Waals surface area contributed by atoms with Crippen LogP contribution in [0.4, 0.5) is 0 Å². The van der Waals surface area contributed by atoms with Crippen LogP contribution in [0.25, 0.3) is 5.57 Å². The van der Waals surface area contributed by atoms with Crippen LogP contribution in [0.3, 0.4) is 0 Å². The average molecular weight is 255 g/mol. The molecule has 3 heterocycles. The summed E-state index contributed by atoms with van der Waals surface area (Å²) in [5, 5.41) is 2.68. The van der Waals surface area contributed by atoms with E-state index in [0.29, 0.717) is 24.6 Å². The number of rotatable bonds is 2. The van der Waals surface area contributed by atoms with E-state index in [-0.39, 0.29) is 5.91 Å². The second kappa shape index (κ2) is 4.78. The summed E-state index contributed by atoms with van der Waals surface area (Å²) >= 11 is 0. The van der Waals surface area contributed by atoms with E-state index >= 15 is 0 Å². The summed E-state index contributed by atoms with van der Waals surface area (Å²) in [5.41, 5.74) is 3.38. The summed E-state index contributed by atoms with van der Waals surface area (Å²) in [4.78, 5) is 20.2. The van der Waals surface area contributed by atoms with Crippen molar-refractivity contribution in [2.24, 2.45) is 4.99 Å². The normalized spacial score (nSPS) is 22.8. The zero-order valence-electron chi connectivity index (χ0n) is 10.3. The molecule has 0 bridgehead atoms. The number of carbonyl (C=O) groups excluding carboxylic acids is 1. The average Bonchev–Trinajstić information content (AvgIpc) is 2.89. The summed E-state index contributed by atoms with van der Waals surface area (Å²) < 4.78 is 5.47. The van der Waals surface area contributed by atoms with Gasteiger partial charge in [0.15, 0.2) is 6.10 Å². The lowest BCUT2D eigenvalue weighted by molar-refractivity contribution is -0.130. The van der Waals surface area contributed by atoms with Crippen LogP contribution in [0.1, 0.15) is 5.56 Å². The van der Waals surface area contributed by atoms with Crippen LogP contribution in [0, 0.1) is 0 Å². The molecular weight excluding hydrogens is 242 g/mol. The van der Waals surface area contributed by atoms with Gasteiger partial charge in [-0.05, 0) is 29.3 Å². The fourth-order valence-electron chi connectivity index (χ4n) is 2.10. The van der Waals surface area contributed by atoms with Crippen LogP contribution < -0.4 is 5.32 Å². The number of aromatic nitrogens is 1. The van der Waals surface area contributed by atoms with Gasteiger partial charge in [-0.15, -0.1) is 0 Å². The quantitative estimate of drug-likeness (QED) is 0.855. The number of ether oxygens (including phenoxy) is 1. The highest BCUT2D eigenvalue weighted by Gasteiger charge is 2.30. The Morgan fingerprint density at radius 1 is 1.37 bits per heavy atom. The zero-order valence-corrected chi connectivity index (χ0v) is 10.3. The lowest BCUT2D eigenvalue weighted by atomic mass is 10.1. The fraction of sp³-hybridized carbons (Fsp3) is 0.214. The highest BCUT2D eigenvalue weighted by atomic mass is 16.5. The van der Waals surface area contributed by atoms with Crippen molar-refractivity contribution in [3.63, 3.8) is 0 Å². The number of carbonyl (C=O) groups is 1. The Morgan fingerprint density at radius 2 is 2.16 bits per heavy atom. The second-order valence-corrected chi connectivity index (χ2v) is 4.43. The van der Waals surface area contributed by atoms with Crippen molar-refractivity contribution in [3.05, 3.63) is 48.4 Å². The van der Waals surface area contributed by atoms with Gasteiger partial charge in [0.25, 0.3) is 5.91 Å². The summed E-state index contributed by atoms with van der Waals surface area (Å²) in [6.45, 7) is 4.56. The predicted octanol–water partition coefficient (Wildman–Crippen LogP) is 0.948. The SMILES string of the molecule is C=C1COC(C2=NCC(c3ccncc3)=C2)C(=O)N1. The zero-order chi connectivity index (χ0) is 13.2. The first-order valence-electron chi connectivity index (χ1n) is 5.99. The molecule has 5 nitrogen and oxygen atoms in total. The molecule has 0 aromatic carbocycles. The lowest BCUT2D eigenvalue weighted by Crippen LogP contribution is -2.46. The van der Waals surface area contributed by atoms with Gasteiger partial charge in [0.05, 0.1) is 18.9 Å². The molecule has 1 amide bonds. The first kappa shape index (κ1) is 11.8. The topological polar surface area (TPSA) is 63.6 Å². The van der Waals surface area contributed by atoms with Crippen molar-refractivity contribution in [2.75, 3.05) is 13.2 Å². The van der Waals surface area contributed by atoms with Gasteiger partial charge in [-0.1, -0.05) is 6.58 Å². The van der Waals surface area contributed by atoms with E-state index in [1.165, 1.54) is 0 Å². The molecule has 2 aliphatic heterocycles. The minimum Gasteiger partial charge on any atom is -0.356 e. The minimum atomic E-state index is -0.634. The molecule has 1 fully saturated rings. The number of morpholine rings is 1. The van der Waals surface area contributed by atoms with Gasteiger partial charge >= 0.3 is 0 Å². The van der Waals surface area contributed by atoms with Crippen molar-refractivity contribution >= 4 is 17.2 Å². The molecule has 0 saturated carbocycles. The first-order valence-corrected chi connectivity index (χ1v) is 5.99. The number of hydrogen-bond donors (Lipinski definition) is 1. The van der Waals surface area contributed by atoms with Gasteiger partial charge in [-0.2, -0.15) is 0 Å². The van der Waals surface area contributed by atoms with E-state index in [1.54, 1.807) is 12.4 Å². The molecule has 96 valence electrons. The maximum Gasteiger partial charge on any atom is 0.259 e. The Labute approximate surface area is 110 Å². The standard InChI is InChI=1S/C14H13N3O2/c1-9-8-19-13(14(18)17-9)12-6-11(7-16-12)10-2-4-15-5-3-10/h2-6,13H,1,7-8H2,(H,17,18). The van der Waals surface area contributed by atoms with E-state index in [9.17, 15) is 4.79 Å². The van der Waals surface area contributed by atoms with Crippen LogP contribution in [-0.4, -0.2) is 35.9 Å². The van der Waals surface area contributed by atoms with Crippen LogP contribution in [-0.2, 0) is 9.53 Å². The van der Waals surface area contributed by atoms with Crippen LogP contribution in [0.2, 0.25) is 0 Å². The van der Waals surface area contributed by atoms with Gasteiger partial charge < -0.3 is 10.1 Å². The number of pyridine rings is 1. The molecule has 19 heavy (non-hydrogen) atoms. The van der Waals surface area contributed by atoms with Crippen molar-refractivity contribution in [3.8, 4) is 0 Å². The smallest absolute Gasteiger partial charge is 0.259 e. The third kappa shape index (κ3) is 2.32. The third-order valence-corrected chi connectivity index (χ3v) is 3.04. The third-order valence-electron chi connectivity index (χ3n) is 3.04. The first-order chi connectivity index (χ1) is 9.24. The maximum absolute atomic E-state index is 11.8. The van der Waals surface area contributed by atoms with Crippen LogP contribution >= 0.6 is 0 Å². The fourth-order valence-corrected chi connectivity index (χ4v) is 2.10. The number of nitrogens with zero attached hydrogens (tertiary/aromatic N) is 2. The molecule has 2 aliphatic rings. The number of aliphatic imine (C=N–C) groups is 1. The summed E-state index contributed by atoms with van der Waals surface area (Å²) in [5.74, 6) is -0.206. The number of amides is 1. The Bertz CT molecular complexity index is 590. The molecule has 1 N–H and O–H groups in total. The van der Waals surface area contributed by atoms with E-state index in [1.807, 2.05) is 18.2 Å². The largest absolute Gasteiger partial charge is 0.356 e. The molecule has 1 atom stereocenters. The molecule has 1 saturated heterocycles. The Hall–Kier alpha value is -2.27. The Balaban J connectivity index is 1.79.